The Bertz CT molecular complexity index is 879. The number of amides is 1. The highest BCUT2D eigenvalue weighted by Gasteiger charge is 2.15. The van der Waals surface area contributed by atoms with Crippen LogP contribution < -0.4 is 5.32 Å². The lowest BCUT2D eigenvalue weighted by Gasteiger charge is -2.03. The molecule has 0 radical (unpaired) electrons. The monoisotopic (exact) mass is 280 g/mol. The summed E-state index contributed by atoms with van der Waals surface area (Å²) >= 11 is 0. The van der Waals surface area contributed by atoms with Gasteiger partial charge in [0.1, 0.15) is 5.82 Å². The number of anilines is 1. The highest BCUT2D eigenvalue weighted by atomic mass is 19.1. The van der Waals surface area contributed by atoms with E-state index in [2.05, 4.69) is 15.5 Å². The van der Waals surface area contributed by atoms with Gasteiger partial charge >= 0.3 is 0 Å². The second-order valence-corrected chi connectivity index (χ2v) is 4.41. The summed E-state index contributed by atoms with van der Waals surface area (Å²) in [5.74, 6) is -0.911. The zero-order chi connectivity index (χ0) is 14.8. The lowest BCUT2D eigenvalue weighted by Crippen LogP contribution is -2.12. The topological polar surface area (TPSA) is 81.6 Å². The molecule has 102 valence electrons. The van der Waals surface area contributed by atoms with Crippen molar-refractivity contribution in [1.82, 2.24) is 10.2 Å². The molecule has 6 heteroatoms. The Kier molecular flexibility index (Phi) is 3.09. The molecule has 2 N–H and O–H groups in total. The van der Waals surface area contributed by atoms with E-state index < -0.39 is 11.7 Å². The van der Waals surface area contributed by atoms with Crippen molar-refractivity contribution in [2.45, 2.75) is 0 Å². The highest BCUT2D eigenvalue weighted by Crippen LogP contribution is 2.19. The van der Waals surface area contributed by atoms with Gasteiger partial charge in [0, 0.05) is 11.1 Å². The van der Waals surface area contributed by atoms with Crippen LogP contribution in [0.3, 0.4) is 0 Å². The van der Waals surface area contributed by atoms with Gasteiger partial charge < -0.3 is 5.32 Å². The second-order valence-electron chi connectivity index (χ2n) is 4.41. The molecule has 0 spiro atoms. The zero-order valence-electron chi connectivity index (χ0n) is 10.7. The van der Waals surface area contributed by atoms with Gasteiger partial charge in [-0.1, -0.05) is 6.07 Å². The van der Waals surface area contributed by atoms with Gasteiger partial charge in [-0.2, -0.15) is 10.4 Å². The number of aromatic nitrogens is 2. The summed E-state index contributed by atoms with van der Waals surface area (Å²) < 4.78 is 13.3. The quantitative estimate of drug-likeness (QED) is 0.757. The molecule has 1 amide bonds. The highest BCUT2D eigenvalue weighted by molar-refractivity contribution is 6.11. The summed E-state index contributed by atoms with van der Waals surface area (Å²) in [4.78, 5) is 12.2. The van der Waals surface area contributed by atoms with Gasteiger partial charge in [-0.05, 0) is 36.4 Å². The van der Waals surface area contributed by atoms with Crippen LogP contribution >= 0.6 is 0 Å². The van der Waals surface area contributed by atoms with Crippen LogP contribution in [0.1, 0.15) is 16.1 Å². The van der Waals surface area contributed by atoms with Crippen molar-refractivity contribution in [2.24, 2.45) is 0 Å². The Morgan fingerprint density at radius 2 is 2.14 bits per heavy atom. The van der Waals surface area contributed by atoms with Crippen LogP contribution in [0.4, 0.5) is 10.1 Å². The van der Waals surface area contributed by atoms with Crippen molar-refractivity contribution in [1.29, 1.82) is 5.26 Å². The minimum absolute atomic E-state index is 0.104. The summed E-state index contributed by atoms with van der Waals surface area (Å²) in [6.45, 7) is 0. The molecule has 0 aliphatic rings. The number of H-pyrrole nitrogens is 1. The summed E-state index contributed by atoms with van der Waals surface area (Å²) in [7, 11) is 0. The maximum atomic E-state index is 13.3. The average molecular weight is 280 g/mol. The van der Waals surface area contributed by atoms with Gasteiger partial charge in [-0.15, -0.1) is 0 Å². The summed E-state index contributed by atoms with van der Waals surface area (Å²) in [5, 5.41) is 18.5. The lowest BCUT2D eigenvalue weighted by atomic mass is 10.2. The number of hydrogen-bond donors (Lipinski definition) is 2. The smallest absolute Gasteiger partial charge is 0.276 e. The number of carbonyl (C=O) groups is 1. The van der Waals surface area contributed by atoms with Gasteiger partial charge in [0.25, 0.3) is 5.91 Å². The molecule has 0 aliphatic heterocycles. The molecule has 1 heterocycles. The van der Waals surface area contributed by atoms with Crippen molar-refractivity contribution < 1.29 is 9.18 Å². The maximum Gasteiger partial charge on any atom is 0.276 e. The van der Waals surface area contributed by atoms with Crippen LogP contribution in [-0.4, -0.2) is 16.1 Å². The van der Waals surface area contributed by atoms with E-state index in [-0.39, 0.29) is 5.69 Å². The molecular formula is C15H9FN4O. The average Bonchev–Trinajstić information content (AvgIpc) is 2.90. The molecule has 0 unspecified atom stereocenters. The third-order valence-electron chi connectivity index (χ3n) is 2.99. The Balaban J connectivity index is 1.94. The fraction of sp³-hybridized carbons (Fsp3) is 0. The van der Waals surface area contributed by atoms with E-state index in [1.54, 1.807) is 24.3 Å². The van der Waals surface area contributed by atoms with Crippen LogP contribution in [-0.2, 0) is 0 Å². The van der Waals surface area contributed by atoms with Crippen molar-refractivity contribution in [3.63, 3.8) is 0 Å². The molecule has 0 bridgehead atoms. The van der Waals surface area contributed by atoms with Gasteiger partial charge in [0.2, 0.25) is 0 Å². The molecule has 2 aromatic carbocycles. The molecule has 0 saturated heterocycles. The van der Waals surface area contributed by atoms with Crippen LogP contribution in [0.5, 0.6) is 0 Å². The second kappa shape index (κ2) is 5.06. The zero-order valence-corrected chi connectivity index (χ0v) is 10.7. The largest absolute Gasteiger partial charge is 0.321 e. The van der Waals surface area contributed by atoms with Gasteiger partial charge in [0.15, 0.2) is 5.69 Å². The van der Waals surface area contributed by atoms with E-state index in [0.29, 0.717) is 22.2 Å². The maximum absolute atomic E-state index is 13.3. The summed E-state index contributed by atoms with van der Waals surface area (Å²) in [6.07, 6.45) is 0. The van der Waals surface area contributed by atoms with Gasteiger partial charge in [-0.3, -0.25) is 9.89 Å². The summed E-state index contributed by atoms with van der Waals surface area (Å²) in [6, 6.07) is 12.6. The van der Waals surface area contributed by atoms with Crippen molar-refractivity contribution in [3.05, 3.63) is 59.5 Å². The van der Waals surface area contributed by atoms with E-state index >= 15 is 0 Å². The van der Waals surface area contributed by atoms with Crippen molar-refractivity contribution in [2.75, 3.05) is 5.32 Å². The van der Waals surface area contributed by atoms with E-state index in [4.69, 9.17) is 5.26 Å². The number of halogens is 1. The SMILES string of the molecule is N#Cc1cccc(NC(=O)c2n[nH]c3ccc(F)cc23)c1. The number of nitrogens with one attached hydrogen (secondary N) is 2. The van der Waals surface area contributed by atoms with Gasteiger partial charge in [0.05, 0.1) is 17.1 Å². The Morgan fingerprint density at radius 1 is 1.29 bits per heavy atom. The van der Waals surface area contributed by atoms with Gasteiger partial charge in [-0.25, -0.2) is 4.39 Å². The number of aromatic amines is 1. The summed E-state index contributed by atoms with van der Waals surface area (Å²) in [5.41, 5.74) is 1.59. The number of nitriles is 1. The molecule has 0 atom stereocenters. The van der Waals surface area contributed by atoms with E-state index in [0.717, 1.165) is 0 Å². The first kappa shape index (κ1) is 12.8. The fourth-order valence-corrected chi connectivity index (χ4v) is 2.02. The van der Waals surface area contributed by atoms with Crippen LogP contribution in [0.25, 0.3) is 10.9 Å². The molecule has 0 fully saturated rings. The number of nitrogens with zero attached hydrogens (tertiary/aromatic N) is 2. The first-order valence-electron chi connectivity index (χ1n) is 6.12. The van der Waals surface area contributed by atoms with E-state index in [1.165, 1.54) is 18.2 Å². The fourth-order valence-electron chi connectivity index (χ4n) is 2.02. The number of rotatable bonds is 2. The van der Waals surface area contributed by atoms with Crippen LogP contribution in [0.15, 0.2) is 42.5 Å². The third-order valence-corrected chi connectivity index (χ3v) is 2.99. The van der Waals surface area contributed by atoms with E-state index in [9.17, 15) is 9.18 Å². The molecular weight excluding hydrogens is 271 g/mol. The van der Waals surface area contributed by atoms with Crippen molar-refractivity contribution >= 4 is 22.5 Å². The number of fused-ring (bicyclic) bond motifs is 1. The molecule has 3 rings (SSSR count). The normalized spacial score (nSPS) is 10.3. The predicted molar refractivity (Wildman–Crippen MR) is 75.2 cm³/mol. The van der Waals surface area contributed by atoms with Crippen molar-refractivity contribution in [3.8, 4) is 6.07 Å². The van der Waals surface area contributed by atoms with E-state index in [1.807, 2.05) is 6.07 Å². The number of benzene rings is 2. The molecule has 5 nitrogen and oxygen atoms in total. The number of hydrogen-bond acceptors (Lipinski definition) is 3. The standard InChI is InChI=1S/C15H9FN4O/c16-10-4-5-13-12(7-10)14(20-19-13)15(21)18-11-3-1-2-9(6-11)8-17/h1-7H,(H,18,21)(H,19,20). The minimum Gasteiger partial charge on any atom is -0.321 e. The van der Waals surface area contributed by atoms with Crippen LogP contribution in [0.2, 0.25) is 0 Å². The molecule has 3 aromatic rings. The Hall–Kier alpha value is -3.20. The predicted octanol–water partition coefficient (Wildman–Crippen LogP) is 2.83. The van der Waals surface area contributed by atoms with Crippen LogP contribution in [0, 0.1) is 17.1 Å². The molecule has 0 saturated carbocycles. The first-order chi connectivity index (χ1) is 10.2. The number of carbonyl (C=O) groups excluding carboxylic acids is 1. The minimum atomic E-state index is -0.470. The Morgan fingerprint density at radius 3 is 2.95 bits per heavy atom. The third kappa shape index (κ3) is 2.44. The molecule has 21 heavy (non-hydrogen) atoms. The molecule has 1 aromatic heterocycles. The first-order valence-corrected chi connectivity index (χ1v) is 6.12. The lowest BCUT2D eigenvalue weighted by molar-refractivity contribution is 0.102. The Labute approximate surface area is 119 Å². The molecule has 0 aliphatic carbocycles.